The monoisotopic (exact) mass is 316 g/mol. The van der Waals surface area contributed by atoms with Crippen molar-refractivity contribution in [1.29, 1.82) is 0 Å². The Bertz CT molecular complexity index is 645. The van der Waals surface area contributed by atoms with Crippen molar-refractivity contribution in [1.82, 2.24) is 15.1 Å². The van der Waals surface area contributed by atoms with Crippen molar-refractivity contribution in [3.8, 4) is 0 Å². The fourth-order valence-electron chi connectivity index (χ4n) is 3.53. The summed E-state index contributed by atoms with van der Waals surface area (Å²) in [6, 6.07) is 10.4. The first-order chi connectivity index (χ1) is 10.8. The van der Waals surface area contributed by atoms with Gasteiger partial charge in [-0.15, -0.1) is 0 Å². The van der Waals surface area contributed by atoms with Gasteiger partial charge in [-0.1, -0.05) is 23.7 Å². The highest BCUT2D eigenvalue weighted by Crippen LogP contribution is 2.41. The minimum absolute atomic E-state index is 0.148. The number of nitrogens with one attached hydrogen (secondary N) is 2. The number of anilines is 1. The third-order valence-corrected chi connectivity index (χ3v) is 5.30. The maximum absolute atomic E-state index is 6.02. The summed E-state index contributed by atoms with van der Waals surface area (Å²) in [5, 5.41) is 12.5. The van der Waals surface area contributed by atoms with Gasteiger partial charge >= 0.3 is 0 Å². The van der Waals surface area contributed by atoms with Crippen LogP contribution >= 0.6 is 11.6 Å². The summed E-state index contributed by atoms with van der Waals surface area (Å²) in [6.07, 6.45) is 5.57. The lowest BCUT2D eigenvalue weighted by Crippen LogP contribution is -2.51. The van der Waals surface area contributed by atoms with Crippen molar-refractivity contribution in [3.05, 3.63) is 47.1 Å². The van der Waals surface area contributed by atoms with E-state index < -0.39 is 0 Å². The van der Waals surface area contributed by atoms with Gasteiger partial charge in [0.2, 0.25) is 0 Å². The van der Waals surface area contributed by atoms with E-state index in [9.17, 15) is 0 Å². The van der Waals surface area contributed by atoms with Crippen molar-refractivity contribution in [2.75, 3.05) is 18.4 Å². The number of aromatic nitrogens is 2. The van der Waals surface area contributed by atoms with Gasteiger partial charge in [0.1, 0.15) is 5.82 Å². The predicted molar refractivity (Wildman–Crippen MR) is 89.2 cm³/mol. The van der Waals surface area contributed by atoms with Gasteiger partial charge in [0.05, 0.1) is 6.20 Å². The summed E-state index contributed by atoms with van der Waals surface area (Å²) >= 11 is 6.02. The molecule has 0 amide bonds. The second kappa shape index (κ2) is 5.60. The maximum atomic E-state index is 6.02. The first-order valence-electron chi connectivity index (χ1n) is 8.02. The Kier molecular flexibility index (Phi) is 3.59. The SMILES string of the molecule is Clc1ccc(C2(NC[C@@H]3CNc4ccnn4C3)CCC2)cc1. The average Bonchev–Trinajstić information content (AvgIpc) is 2.95. The number of nitrogens with zero attached hydrogens (tertiary/aromatic N) is 2. The molecule has 5 heteroatoms. The van der Waals surface area contributed by atoms with Crippen molar-refractivity contribution < 1.29 is 0 Å². The minimum atomic E-state index is 0.148. The van der Waals surface area contributed by atoms with E-state index in [1.807, 2.05) is 24.4 Å². The van der Waals surface area contributed by atoms with Crippen molar-refractivity contribution in [3.63, 3.8) is 0 Å². The Labute approximate surface area is 135 Å². The van der Waals surface area contributed by atoms with Crippen LogP contribution in [0.1, 0.15) is 24.8 Å². The zero-order valence-electron chi connectivity index (χ0n) is 12.6. The number of benzene rings is 1. The van der Waals surface area contributed by atoms with Crippen molar-refractivity contribution in [2.45, 2.75) is 31.3 Å². The molecule has 2 aliphatic rings. The standard InChI is InChI=1S/C17H21ClN4/c18-15-4-2-14(3-5-15)17(7-1-8-17)20-11-13-10-19-16-6-9-21-22(16)12-13/h2-6,9,13,19-20H,1,7-8,10-12H2/t13-/m0/s1. The fraction of sp³-hybridized carbons (Fsp3) is 0.471. The molecule has 1 aromatic heterocycles. The number of halogens is 1. The zero-order valence-corrected chi connectivity index (χ0v) is 13.3. The van der Waals surface area contributed by atoms with E-state index in [1.165, 1.54) is 24.8 Å². The van der Waals surface area contributed by atoms with Crippen LogP contribution in [0.15, 0.2) is 36.5 Å². The van der Waals surface area contributed by atoms with Crippen LogP contribution in [-0.2, 0) is 12.1 Å². The Hall–Kier alpha value is -1.52. The molecular formula is C17H21ClN4. The summed E-state index contributed by atoms with van der Waals surface area (Å²) in [6.45, 7) is 3.00. The predicted octanol–water partition coefficient (Wildman–Crippen LogP) is 3.25. The third kappa shape index (κ3) is 2.50. The average molecular weight is 317 g/mol. The molecule has 1 aromatic carbocycles. The van der Waals surface area contributed by atoms with Crippen LogP contribution in [0.2, 0.25) is 5.02 Å². The minimum Gasteiger partial charge on any atom is -0.370 e. The summed E-state index contributed by atoms with van der Waals surface area (Å²) in [4.78, 5) is 0. The molecule has 0 saturated heterocycles. The van der Waals surface area contributed by atoms with Crippen LogP contribution < -0.4 is 10.6 Å². The highest BCUT2D eigenvalue weighted by molar-refractivity contribution is 6.30. The summed E-state index contributed by atoms with van der Waals surface area (Å²) in [7, 11) is 0. The summed E-state index contributed by atoms with van der Waals surface area (Å²) in [5.74, 6) is 1.70. The normalized spacial score (nSPS) is 22.5. The Morgan fingerprint density at radius 1 is 1.27 bits per heavy atom. The molecule has 1 aliphatic heterocycles. The Morgan fingerprint density at radius 3 is 2.82 bits per heavy atom. The first kappa shape index (κ1) is 14.1. The number of hydrogen-bond donors (Lipinski definition) is 2. The van der Waals surface area contributed by atoms with Gasteiger partial charge in [-0.25, -0.2) is 4.68 Å². The van der Waals surface area contributed by atoms with Gasteiger partial charge in [0.15, 0.2) is 0 Å². The van der Waals surface area contributed by atoms with Crippen LogP contribution in [0.4, 0.5) is 5.82 Å². The lowest BCUT2D eigenvalue weighted by molar-refractivity contribution is 0.172. The molecule has 2 N–H and O–H groups in total. The van der Waals surface area contributed by atoms with Crippen LogP contribution in [0.5, 0.6) is 0 Å². The molecule has 22 heavy (non-hydrogen) atoms. The van der Waals surface area contributed by atoms with E-state index >= 15 is 0 Å². The summed E-state index contributed by atoms with van der Waals surface area (Å²) in [5.41, 5.74) is 1.52. The van der Waals surface area contributed by atoms with Crippen LogP contribution in [0.25, 0.3) is 0 Å². The second-order valence-corrected chi connectivity index (χ2v) is 6.91. The van der Waals surface area contributed by atoms with Gasteiger partial charge in [-0.2, -0.15) is 5.10 Å². The highest BCUT2D eigenvalue weighted by atomic mass is 35.5. The lowest BCUT2D eigenvalue weighted by atomic mass is 9.71. The molecule has 1 aliphatic carbocycles. The molecule has 0 spiro atoms. The molecule has 4 nitrogen and oxygen atoms in total. The molecular weight excluding hydrogens is 296 g/mol. The number of fused-ring (bicyclic) bond motifs is 1. The quantitative estimate of drug-likeness (QED) is 0.910. The van der Waals surface area contributed by atoms with E-state index in [0.717, 1.165) is 30.5 Å². The highest BCUT2D eigenvalue weighted by Gasteiger charge is 2.38. The van der Waals surface area contributed by atoms with E-state index in [0.29, 0.717) is 5.92 Å². The molecule has 0 bridgehead atoms. The van der Waals surface area contributed by atoms with E-state index in [-0.39, 0.29) is 5.54 Å². The lowest BCUT2D eigenvalue weighted by Gasteiger charge is -2.44. The van der Waals surface area contributed by atoms with E-state index in [1.54, 1.807) is 0 Å². The van der Waals surface area contributed by atoms with Crippen LogP contribution in [-0.4, -0.2) is 22.9 Å². The number of rotatable bonds is 4. The van der Waals surface area contributed by atoms with Gasteiger partial charge in [0.25, 0.3) is 0 Å². The van der Waals surface area contributed by atoms with Gasteiger partial charge < -0.3 is 10.6 Å². The molecule has 2 aromatic rings. The van der Waals surface area contributed by atoms with Crippen molar-refractivity contribution >= 4 is 17.4 Å². The van der Waals surface area contributed by atoms with E-state index in [2.05, 4.69) is 32.5 Å². The second-order valence-electron chi connectivity index (χ2n) is 6.47. The molecule has 116 valence electrons. The van der Waals surface area contributed by atoms with E-state index in [4.69, 9.17) is 11.6 Å². The third-order valence-electron chi connectivity index (χ3n) is 5.05. The topological polar surface area (TPSA) is 41.9 Å². The van der Waals surface area contributed by atoms with Crippen molar-refractivity contribution in [2.24, 2.45) is 5.92 Å². The maximum Gasteiger partial charge on any atom is 0.124 e. The van der Waals surface area contributed by atoms with Crippen LogP contribution in [0.3, 0.4) is 0 Å². The number of hydrogen-bond acceptors (Lipinski definition) is 3. The molecule has 0 unspecified atom stereocenters. The van der Waals surface area contributed by atoms with Gasteiger partial charge in [0, 0.05) is 42.2 Å². The largest absolute Gasteiger partial charge is 0.370 e. The fourth-order valence-corrected chi connectivity index (χ4v) is 3.66. The Morgan fingerprint density at radius 2 is 2.09 bits per heavy atom. The van der Waals surface area contributed by atoms with Gasteiger partial charge in [-0.3, -0.25) is 0 Å². The van der Waals surface area contributed by atoms with Crippen LogP contribution in [0, 0.1) is 5.92 Å². The molecule has 2 heterocycles. The smallest absolute Gasteiger partial charge is 0.124 e. The molecule has 0 radical (unpaired) electrons. The molecule has 1 atom stereocenters. The molecule has 4 rings (SSSR count). The zero-order chi connectivity index (χ0) is 15.0. The molecule has 1 saturated carbocycles. The Balaban J connectivity index is 1.43. The first-order valence-corrected chi connectivity index (χ1v) is 8.40. The van der Waals surface area contributed by atoms with Gasteiger partial charge in [-0.05, 0) is 37.0 Å². The molecule has 1 fully saturated rings. The summed E-state index contributed by atoms with van der Waals surface area (Å²) < 4.78 is 2.06.